The maximum Gasteiger partial charge on any atom is 0.246 e. The van der Waals surface area contributed by atoms with E-state index in [4.69, 9.17) is 0 Å². The van der Waals surface area contributed by atoms with Gasteiger partial charge in [-0.3, -0.25) is 4.79 Å². The minimum atomic E-state index is -0.0315. The lowest BCUT2D eigenvalue weighted by Gasteiger charge is -2.37. The number of nitrogens with zero attached hydrogens (tertiary/aromatic N) is 1. The van der Waals surface area contributed by atoms with Crippen molar-refractivity contribution in [3.8, 4) is 0 Å². The van der Waals surface area contributed by atoms with Gasteiger partial charge in [0.05, 0.1) is 19.6 Å². The highest BCUT2D eigenvalue weighted by molar-refractivity contribution is 5.91. The summed E-state index contributed by atoms with van der Waals surface area (Å²) in [5.74, 6) is -0.0315. The quantitative estimate of drug-likeness (QED) is 0.400. The Balaban J connectivity index is 2.43. The molecule has 1 aromatic carbocycles. The summed E-state index contributed by atoms with van der Waals surface area (Å²) in [6, 6.07) is 10.7. The van der Waals surface area contributed by atoms with Gasteiger partial charge in [0.15, 0.2) is 0 Å². The molecular weight excluding hydrogens is 272 g/mol. The summed E-state index contributed by atoms with van der Waals surface area (Å²) in [6.07, 6.45) is 2.15. The SMILES string of the molecule is C=C(C)C(=O)NCCCC[N+](CC)(CC)Cc1ccccc1. The molecule has 0 aliphatic rings. The molecule has 1 aromatic rings. The fraction of sp³-hybridized carbons (Fsp3) is 0.526. The molecule has 0 radical (unpaired) electrons. The largest absolute Gasteiger partial charge is 0.352 e. The summed E-state index contributed by atoms with van der Waals surface area (Å²) in [4.78, 5) is 11.4. The number of amides is 1. The molecule has 0 saturated carbocycles. The molecule has 0 saturated heterocycles. The van der Waals surface area contributed by atoms with Crippen LogP contribution in [-0.2, 0) is 11.3 Å². The zero-order valence-corrected chi connectivity index (χ0v) is 14.4. The van der Waals surface area contributed by atoms with Gasteiger partial charge in [-0.1, -0.05) is 36.9 Å². The lowest BCUT2D eigenvalue weighted by atomic mass is 10.1. The highest BCUT2D eigenvalue weighted by Crippen LogP contribution is 2.16. The number of carbonyl (C=O) groups excluding carboxylic acids is 1. The van der Waals surface area contributed by atoms with Gasteiger partial charge in [0.2, 0.25) is 5.91 Å². The van der Waals surface area contributed by atoms with Crippen LogP contribution in [0.3, 0.4) is 0 Å². The fourth-order valence-electron chi connectivity index (χ4n) is 2.74. The minimum absolute atomic E-state index is 0.0315. The molecule has 1 rings (SSSR count). The molecule has 0 aliphatic carbocycles. The van der Waals surface area contributed by atoms with Gasteiger partial charge in [0.25, 0.3) is 0 Å². The Morgan fingerprint density at radius 3 is 2.32 bits per heavy atom. The van der Waals surface area contributed by atoms with Gasteiger partial charge in [-0.25, -0.2) is 0 Å². The van der Waals surface area contributed by atoms with Gasteiger partial charge in [-0.15, -0.1) is 0 Å². The van der Waals surface area contributed by atoms with Crippen LogP contribution in [0.5, 0.6) is 0 Å². The third-order valence-electron chi connectivity index (χ3n) is 4.43. The molecule has 1 amide bonds. The number of hydrogen-bond donors (Lipinski definition) is 1. The van der Waals surface area contributed by atoms with E-state index in [0.29, 0.717) is 5.57 Å². The van der Waals surface area contributed by atoms with Gasteiger partial charge in [-0.2, -0.15) is 0 Å². The van der Waals surface area contributed by atoms with E-state index in [1.807, 2.05) is 0 Å². The second-order valence-electron chi connectivity index (χ2n) is 6.08. The van der Waals surface area contributed by atoms with Crippen molar-refractivity contribution in [3.63, 3.8) is 0 Å². The number of nitrogens with one attached hydrogen (secondary N) is 1. The summed E-state index contributed by atoms with van der Waals surface area (Å²) in [5.41, 5.74) is 1.98. The Hall–Kier alpha value is -1.61. The van der Waals surface area contributed by atoms with Crippen LogP contribution in [0.4, 0.5) is 0 Å². The van der Waals surface area contributed by atoms with Crippen LogP contribution in [0.2, 0.25) is 0 Å². The Bertz CT molecular complexity index is 464. The molecule has 0 fully saturated rings. The molecule has 0 heterocycles. The molecule has 0 aliphatic heterocycles. The van der Waals surface area contributed by atoms with Crippen molar-refractivity contribution in [1.29, 1.82) is 0 Å². The van der Waals surface area contributed by atoms with Crippen LogP contribution in [0.25, 0.3) is 0 Å². The van der Waals surface area contributed by atoms with Gasteiger partial charge in [-0.05, 0) is 33.6 Å². The topological polar surface area (TPSA) is 29.1 Å². The average Bonchev–Trinajstić information content (AvgIpc) is 2.54. The lowest BCUT2D eigenvalue weighted by Crippen LogP contribution is -2.47. The fourth-order valence-corrected chi connectivity index (χ4v) is 2.74. The van der Waals surface area contributed by atoms with Crippen molar-refractivity contribution in [1.82, 2.24) is 5.32 Å². The maximum absolute atomic E-state index is 11.4. The van der Waals surface area contributed by atoms with Crippen molar-refractivity contribution >= 4 is 5.91 Å². The van der Waals surface area contributed by atoms with Crippen molar-refractivity contribution in [2.24, 2.45) is 0 Å². The number of rotatable bonds is 10. The number of unbranched alkanes of at least 4 members (excludes halogenated alkanes) is 1. The zero-order chi connectivity index (χ0) is 16.4. The van der Waals surface area contributed by atoms with Crippen molar-refractivity contribution in [3.05, 3.63) is 48.0 Å². The van der Waals surface area contributed by atoms with E-state index in [2.05, 4.69) is 56.1 Å². The highest BCUT2D eigenvalue weighted by Gasteiger charge is 2.22. The van der Waals surface area contributed by atoms with E-state index in [1.54, 1.807) is 6.92 Å². The van der Waals surface area contributed by atoms with Crippen molar-refractivity contribution in [2.75, 3.05) is 26.2 Å². The van der Waals surface area contributed by atoms with Crippen LogP contribution in [0.1, 0.15) is 39.2 Å². The van der Waals surface area contributed by atoms with E-state index >= 15 is 0 Å². The van der Waals surface area contributed by atoms with Gasteiger partial charge < -0.3 is 9.80 Å². The first-order chi connectivity index (χ1) is 10.5. The van der Waals surface area contributed by atoms with E-state index < -0.39 is 0 Å². The molecule has 22 heavy (non-hydrogen) atoms. The predicted octanol–water partition coefficient (Wildman–Crippen LogP) is 3.52. The number of hydrogen-bond acceptors (Lipinski definition) is 1. The zero-order valence-electron chi connectivity index (χ0n) is 14.4. The molecule has 0 aromatic heterocycles. The highest BCUT2D eigenvalue weighted by atomic mass is 16.1. The molecule has 122 valence electrons. The molecule has 0 bridgehead atoms. The smallest absolute Gasteiger partial charge is 0.246 e. The normalized spacial score (nSPS) is 11.2. The average molecular weight is 303 g/mol. The van der Waals surface area contributed by atoms with E-state index in [0.717, 1.165) is 50.0 Å². The first-order valence-corrected chi connectivity index (χ1v) is 8.35. The molecule has 1 N–H and O–H groups in total. The van der Waals surface area contributed by atoms with E-state index in [-0.39, 0.29) is 5.91 Å². The molecule has 3 nitrogen and oxygen atoms in total. The Labute approximate surface area is 135 Å². The molecule has 3 heteroatoms. The van der Waals surface area contributed by atoms with Crippen molar-refractivity contribution < 1.29 is 9.28 Å². The summed E-state index contributed by atoms with van der Waals surface area (Å²) < 4.78 is 1.11. The second-order valence-corrected chi connectivity index (χ2v) is 6.08. The van der Waals surface area contributed by atoms with E-state index in [1.165, 1.54) is 5.56 Å². The van der Waals surface area contributed by atoms with Crippen LogP contribution >= 0.6 is 0 Å². The number of quaternary nitrogens is 1. The summed E-state index contributed by atoms with van der Waals surface area (Å²) in [6.45, 7) is 15.2. The van der Waals surface area contributed by atoms with Crippen LogP contribution < -0.4 is 5.32 Å². The first kappa shape index (κ1) is 18.4. The minimum Gasteiger partial charge on any atom is -0.352 e. The van der Waals surface area contributed by atoms with Gasteiger partial charge >= 0.3 is 0 Å². The third-order valence-corrected chi connectivity index (χ3v) is 4.43. The van der Waals surface area contributed by atoms with Gasteiger partial charge in [0.1, 0.15) is 6.54 Å². The van der Waals surface area contributed by atoms with Crippen LogP contribution in [-0.4, -0.2) is 36.6 Å². The number of benzene rings is 1. The van der Waals surface area contributed by atoms with Gasteiger partial charge in [0, 0.05) is 17.7 Å². The van der Waals surface area contributed by atoms with E-state index in [9.17, 15) is 4.79 Å². The summed E-state index contributed by atoms with van der Waals surface area (Å²) in [7, 11) is 0. The monoisotopic (exact) mass is 303 g/mol. The Morgan fingerprint density at radius 1 is 1.14 bits per heavy atom. The first-order valence-electron chi connectivity index (χ1n) is 8.35. The standard InChI is InChI=1S/C19H30N2O/c1-5-21(6-2,16-18-12-8-7-9-13-18)15-11-10-14-20-19(22)17(3)4/h7-9,12-13H,3,5-6,10-11,14-16H2,1-2,4H3/p+1. The maximum atomic E-state index is 11.4. The van der Waals surface area contributed by atoms with Crippen LogP contribution in [0, 0.1) is 0 Å². The molecule has 0 atom stereocenters. The Morgan fingerprint density at radius 2 is 1.77 bits per heavy atom. The second kappa shape index (κ2) is 9.42. The summed E-state index contributed by atoms with van der Waals surface area (Å²) in [5, 5.41) is 2.91. The predicted molar refractivity (Wildman–Crippen MR) is 93.4 cm³/mol. The molecular formula is C19H31N2O+. The Kier molecular flexibility index (Phi) is 7.89. The van der Waals surface area contributed by atoms with Crippen molar-refractivity contribution in [2.45, 2.75) is 40.2 Å². The number of carbonyl (C=O) groups is 1. The van der Waals surface area contributed by atoms with Crippen LogP contribution in [0.15, 0.2) is 42.5 Å². The summed E-state index contributed by atoms with van der Waals surface area (Å²) >= 11 is 0. The molecule has 0 unspecified atom stereocenters. The lowest BCUT2D eigenvalue weighted by molar-refractivity contribution is -0.938. The molecule has 0 spiro atoms. The third kappa shape index (κ3) is 6.02.